The van der Waals surface area contributed by atoms with Gasteiger partial charge in [0.1, 0.15) is 12.4 Å². The molecule has 0 N–H and O–H groups in total. The normalized spacial score (nSPS) is 10.9. The summed E-state index contributed by atoms with van der Waals surface area (Å²) in [6.45, 7) is 13.5. The largest absolute Gasteiger partial charge is 0.500 e. The van der Waals surface area contributed by atoms with Gasteiger partial charge in [-0.05, 0) is 38.3 Å². The second-order valence-electron chi connectivity index (χ2n) is 3.98. The zero-order chi connectivity index (χ0) is 14.1. The van der Waals surface area contributed by atoms with Crippen molar-refractivity contribution in [1.82, 2.24) is 4.57 Å². The van der Waals surface area contributed by atoms with Crippen molar-refractivity contribution in [2.45, 2.75) is 32.3 Å². The SMILES string of the molecule is C=COCCn1c(SC=CC)ccc1N(CC)CC. The highest BCUT2D eigenvalue weighted by atomic mass is 32.2. The molecule has 0 aromatic carbocycles. The molecule has 0 fully saturated rings. The molecule has 0 saturated carbocycles. The van der Waals surface area contributed by atoms with Gasteiger partial charge in [0.2, 0.25) is 0 Å². The number of anilines is 1. The second kappa shape index (κ2) is 8.75. The number of hydrogen-bond acceptors (Lipinski definition) is 3. The molecule has 0 spiro atoms. The summed E-state index contributed by atoms with van der Waals surface area (Å²) in [5.41, 5.74) is 0. The Balaban J connectivity index is 2.94. The van der Waals surface area contributed by atoms with Crippen molar-refractivity contribution in [3.63, 3.8) is 0 Å². The van der Waals surface area contributed by atoms with E-state index in [4.69, 9.17) is 4.74 Å². The summed E-state index contributed by atoms with van der Waals surface area (Å²) in [6.07, 6.45) is 3.55. The first kappa shape index (κ1) is 15.8. The van der Waals surface area contributed by atoms with E-state index in [9.17, 15) is 0 Å². The molecule has 0 bridgehead atoms. The van der Waals surface area contributed by atoms with Crippen molar-refractivity contribution in [3.05, 3.63) is 36.5 Å². The Labute approximate surface area is 120 Å². The Morgan fingerprint density at radius 1 is 1.37 bits per heavy atom. The molecule has 1 heterocycles. The Hall–Kier alpha value is -1.29. The summed E-state index contributed by atoms with van der Waals surface area (Å²) in [5, 5.41) is 3.35. The molecule has 0 aliphatic carbocycles. The van der Waals surface area contributed by atoms with Gasteiger partial charge in [0.25, 0.3) is 0 Å². The van der Waals surface area contributed by atoms with Crippen LogP contribution in [0.4, 0.5) is 5.82 Å². The van der Waals surface area contributed by atoms with Crippen LogP contribution >= 0.6 is 11.8 Å². The first-order valence-electron chi connectivity index (χ1n) is 6.73. The smallest absolute Gasteiger partial charge is 0.109 e. The van der Waals surface area contributed by atoms with Crippen LogP contribution in [0.2, 0.25) is 0 Å². The number of ether oxygens (including phenoxy) is 1. The summed E-state index contributed by atoms with van der Waals surface area (Å²) in [6, 6.07) is 4.36. The first-order chi connectivity index (χ1) is 9.28. The fourth-order valence-corrected chi connectivity index (χ4v) is 2.69. The lowest BCUT2D eigenvalue weighted by Crippen LogP contribution is -2.25. The zero-order valence-corrected chi connectivity index (χ0v) is 12.9. The molecule has 1 aromatic rings. The summed E-state index contributed by atoms with van der Waals surface area (Å²) < 4.78 is 7.57. The lowest BCUT2D eigenvalue weighted by Gasteiger charge is -2.23. The van der Waals surface area contributed by atoms with Crippen LogP contribution in [0.15, 0.2) is 41.5 Å². The first-order valence-corrected chi connectivity index (χ1v) is 7.61. The fourth-order valence-electron chi connectivity index (χ4n) is 1.96. The maximum absolute atomic E-state index is 5.27. The predicted molar refractivity (Wildman–Crippen MR) is 84.8 cm³/mol. The van der Waals surface area contributed by atoms with E-state index in [2.05, 4.69) is 53.5 Å². The molecule has 1 aromatic heterocycles. The van der Waals surface area contributed by atoms with Crippen molar-refractivity contribution in [3.8, 4) is 0 Å². The lowest BCUT2D eigenvalue weighted by atomic mass is 10.4. The molecule has 0 aliphatic heterocycles. The van der Waals surface area contributed by atoms with Crippen LogP contribution in [0.25, 0.3) is 0 Å². The van der Waals surface area contributed by atoms with Crippen LogP contribution in [0, 0.1) is 0 Å². The predicted octanol–water partition coefficient (Wildman–Crippen LogP) is 4.12. The average molecular weight is 280 g/mol. The molecule has 0 aliphatic rings. The van der Waals surface area contributed by atoms with E-state index in [-0.39, 0.29) is 0 Å². The van der Waals surface area contributed by atoms with Crippen molar-refractivity contribution in [2.24, 2.45) is 0 Å². The molecular formula is C15H24N2OS. The second-order valence-corrected chi connectivity index (χ2v) is 4.90. The number of allylic oxidation sites excluding steroid dienone is 1. The Morgan fingerprint density at radius 2 is 2.11 bits per heavy atom. The van der Waals surface area contributed by atoms with Gasteiger partial charge in [-0.3, -0.25) is 0 Å². The van der Waals surface area contributed by atoms with Crippen molar-refractivity contribution >= 4 is 17.6 Å². The molecule has 19 heavy (non-hydrogen) atoms. The van der Waals surface area contributed by atoms with Crippen LogP contribution in [0.1, 0.15) is 20.8 Å². The van der Waals surface area contributed by atoms with Gasteiger partial charge in [0, 0.05) is 13.1 Å². The summed E-state index contributed by atoms with van der Waals surface area (Å²) >= 11 is 1.74. The van der Waals surface area contributed by atoms with Gasteiger partial charge in [-0.1, -0.05) is 24.4 Å². The van der Waals surface area contributed by atoms with Gasteiger partial charge in [-0.25, -0.2) is 0 Å². The van der Waals surface area contributed by atoms with Crippen molar-refractivity contribution in [2.75, 3.05) is 24.6 Å². The third-order valence-electron chi connectivity index (χ3n) is 2.88. The molecule has 0 unspecified atom stereocenters. The number of thioether (sulfide) groups is 1. The van der Waals surface area contributed by atoms with Crippen LogP contribution in [0.5, 0.6) is 0 Å². The van der Waals surface area contributed by atoms with Crippen LogP contribution in [-0.4, -0.2) is 24.3 Å². The minimum atomic E-state index is 0.649. The number of nitrogens with zero attached hydrogens (tertiary/aromatic N) is 2. The molecule has 0 atom stereocenters. The van der Waals surface area contributed by atoms with Gasteiger partial charge in [-0.2, -0.15) is 0 Å². The van der Waals surface area contributed by atoms with Crippen LogP contribution < -0.4 is 4.90 Å². The Kier molecular flexibility index (Phi) is 7.26. The summed E-state index contributed by atoms with van der Waals surface area (Å²) in [4.78, 5) is 2.35. The monoisotopic (exact) mass is 280 g/mol. The van der Waals surface area contributed by atoms with Gasteiger partial charge in [-0.15, -0.1) is 0 Å². The maximum Gasteiger partial charge on any atom is 0.109 e. The van der Waals surface area contributed by atoms with Crippen molar-refractivity contribution < 1.29 is 4.74 Å². The molecule has 3 nitrogen and oxygen atoms in total. The third kappa shape index (κ3) is 4.39. The lowest BCUT2D eigenvalue weighted by molar-refractivity contribution is 0.234. The van der Waals surface area contributed by atoms with E-state index in [0.717, 1.165) is 19.6 Å². The van der Waals surface area contributed by atoms with E-state index in [1.807, 2.05) is 6.92 Å². The molecule has 106 valence electrons. The third-order valence-corrected chi connectivity index (χ3v) is 3.89. The molecular weight excluding hydrogens is 256 g/mol. The fraction of sp³-hybridized carbons (Fsp3) is 0.467. The average Bonchev–Trinajstić information content (AvgIpc) is 2.82. The summed E-state index contributed by atoms with van der Waals surface area (Å²) in [7, 11) is 0. The summed E-state index contributed by atoms with van der Waals surface area (Å²) in [5.74, 6) is 1.25. The van der Waals surface area contributed by atoms with E-state index in [0.29, 0.717) is 6.61 Å². The highest BCUT2D eigenvalue weighted by molar-refractivity contribution is 8.02. The number of aromatic nitrogens is 1. The maximum atomic E-state index is 5.27. The number of rotatable bonds is 9. The number of hydrogen-bond donors (Lipinski definition) is 0. The van der Waals surface area contributed by atoms with Crippen LogP contribution in [-0.2, 0) is 11.3 Å². The highest BCUT2D eigenvalue weighted by Gasteiger charge is 2.12. The molecule has 1 rings (SSSR count). The highest BCUT2D eigenvalue weighted by Crippen LogP contribution is 2.27. The minimum Gasteiger partial charge on any atom is -0.500 e. The van der Waals surface area contributed by atoms with Gasteiger partial charge in [0.05, 0.1) is 17.8 Å². The Morgan fingerprint density at radius 3 is 2.68 bits per heavy atom. The quantitative estimate of drug-likeness (QED) is 0.385. The van der Waals surface area contributed by atoms with Gasteiger partial charge < -0.3 is 14.2 Å². The van der Waals surface area contributed by atoms with E-state index >= 15 is 0 Å². The molecule has 0 saturated heterocycles. The van der Waals surface area contributed by atoms with Crippen LogP contribution in [0.3, 0.4) is 0 Å². The molecule has 0 amide bonds. The molecule has 4 heteroatoms. The molecule has 0 radical (unpaired) electrons. The minimum absolute atomic E-state index is 0.649. The van der Waals surface area contributed by atoms with E-state index in [1.165, 1.54) is 17.1 Å². The van der Waals surface area contributed by atoms with Gasteiger partial charge in [0.15, 0.2) is 0 Å². The topological polar surface area (TPSA) is 17.4 Å². The van der Waals surface area contributed by atoms with Crippen molar-refractivity contribution in [1.29, 1.82) is 0 Å². The van der Waals surface area contributed by atoms with Gasteiger partial charge >= 0.3 is 0 Å². The zero-order valence-electron chi connectivity index (χ0n) is 12.1. The van der Waals surface area contributed by atoms with E-state index < -0.39 is 0 Å². The van der Waals surface area contributed by atoms with E-state index in [1.54, 1.807) is 11.8 Å². The Bertz CT molecular complexity index is 408. The standard InChI is InChI=1S/C15H24N2OS/c1-5-13-19-15-10-9-14(16(6-2)7-3)17(15)11-12-18-8-4/h5,8-10,13H,4,6-7,11-12H2,1-3H3.